The first-order valence-corrected chi connectivity index (χ1v) is 5.96. The predicted molar refractivity (Wildman–Crippen MR) is 62.1 cm³/mol. The zero-order chi connectivity index (χ0) is 12.1. The van der Waals surface area contributed by atoms with Crippen molar-refractivity contribution in [2.75, 3.05) is 5.75 Å². The van der Waals surface area contributed by atoms with Gasteiger partial charge in [-0.2, -0.15) is 0 Å². The number of hydrogen-bond acceptors (Lipinski definition) is 3. The highest BCUT2D eigenvalue weighted by molar-refractivity contribution is 8.00. The van der Waals surface area contributed by atoms with Gasteiger partial charge in [0.1, 0.15) is 0 Å². The van der Waals surface area contributed by atoms with Gasteiger partial charge in [-0.25, -0.2) is 0 Å². The molecule has 0 aliphatic carbocycles. The van der Waals surface area contributed by atoms with E-state index in [0.29, 0.717) is 0 Å². The summed E-state index contributed by atoms with van der Waals surface area (Å²) >= 11 is 1.36. The van der Waals surface area contributed by atoms with Crippen molar-refractivity contribution >= 4 is 23.6 Å². The van der Waals surface area contributed by atoms with E-state index in [1.807, 2.05) is 27.7 Å². The molecule has 0 fully saturated rings. The van der Waals surface area contributed by atoms with Crippen molar-refractivity contribution in [1.29, 1.82) is 0 Å². The maximum atomic E-state index is 11.7. The minimum absolute atomic E-state index is 0.125. The Balaban J connectivity index is 4.35. The molecule has 1 amide bonds. The van der Waals surface area contributed by atoms with Crippen LogP contribution in [0.25, 0.3) is 0 Å². The number of thioether (sulfide) groups is 1. The van der Waals surface area contributed by atoms with Crippen LogP contribution in [-0.4, -0.2) is 33.5 Å². The fourth-order valence-corrected chi connectivity index (χ4v) is 1.91. The number of rotatable bonds is 5. The summed E-state index contributed by atoms with van der Waals surface area (Å²) in [4.78, 5) is 22.3. The molecule has 0 saturated heterocycles. The van der Waals surface area contributed by atoms with Gasteiger partial charge in [0.25, 0.3) is 0 Å². The SMILES string of the molecule is CCSC(CC(=O)O)C(=O)NC(C)(C)C. The van der Waals surface area contributed by atoms with Gasteiger partial charge in [-0.05, 0) is 26.5 Å². The highest BCUT2D eigenvalue weighted by Gasteiger charge is 2.24. The molecule has 0 bridgehead atoms. The number of carbonyl (C=O) groups excluding carboxylic acids is 1. The molecule has 2 N–H and O–H groups in total. The minimum Gasteiger partial charge on any atom is -0.481 e. The molecule has 5 heteroatoms. The number of carboxylic acids is 1. The first-order valence-electron chi connectivity index (χ1n) is 4.91. The standard InChI is InChI=1S/C10H19NO3S/c1-5-15-7(6-8(12)13)9(14)11-10(2,3)4/h7H,5-6H2,1-4H3,(H,11,14)(H,12,13). The van der Waals surface area contributed by atoms with E-state index in [2.05, 4.69) is 5.32 Å². The molecule has 88 valence electrons. The number of aliphatic carboxylic acids is 1. The van der Waals surface area contributed by atoms with Crippen LogP contribution in [0, 0.1) is 0 Å². The van der Waals surface area contributed by atoms with Crippen LogP contribution < -0.4 is 5.32 Å². The minimum atomic E-state index is -0.940. The summed E-state index contributed by atoms with van der Waals surface area (Å²) in [6, 6.07) is 0. The van der Waals surface area contributed by atoms with Crippen molar-refractivity contribution in [1.82, 2.24) is 5.32 Å². The molecule has 0 radical (unpaired) electrons. The Hall–Kier alpha value is -0.710. The summed E-state index contributed by atoms with van der Waals surface area (Å²) in [5.41, 5.74) is -0.317. The van der Waals surface area contributed by atoms with Crippen LogP contribution in [0.15, 0.2) is 0 Å². The number of carbonyl (C=O) groups is 2. The lowest BCUT2D eigenvalue weighted by Crippen LogP contribution is -2.45. The fraction of sp³-hybridized carbons (Fsp3) is 0.800. The maximum Gasteiger partial charge on any atom is 0.305 e. The largest absolute Gasteiger partial charge is 0.481 e. The first-order chi connectivity index (χ1) is 6.76. The normalized spacial score (nSPS) is 13.3. The van der Waals surface area contributed by atoms with Gasteiger partial charge in [-0.3, -0.25) is 9.59 Å². The van der Waals surface area contributed by atoms with Gasteiger partial charge in [0.15, 0.2) is 0 Å². The average molecular weight is 233 g/mol. The highest BCUT2D eigenvalue weighted by Crippen LogP contribution is 2.15. The molecule has 0 saturated carbocycles. The van der Waals surface area contributed by atoms with Crippen LogP contribution in [0.2, 0.25) is 0 Å². The lowest BCUT2D eigenvalue weighted by Gasteiger charge is -2.23. The third-order valence-corrected chi connectivity index (χ3v) is 2.63. The Bertz CT molecular complexity index is 235. The Labute approximate surface area is 94.8 Å². The van der Waals surface area contributed by atoms with E-state index in [9.17, 15) is 9.59 Å². The van der Waals surface area contributed by atoms with Crippen molar-refractivity contribution < 1.29 is 14.7 Å². The van der Waals surface area contributed by atoms with Crippen LogP contribution >= 0.6 is 11.8 Å². The molecular formula is C10H19NO3S. The van der Waals surface area contributed by atoms with Crippen molar-refractivity contribution in [3.8, 4) is 0 Å². The van der Waals surface area contributed by atoms with E-state index in [4.69, 9.17) is 5.11 Å². The van der Waals surface area contributed by atoms with Gasteiger partial charge in [0, 0.05) is 5.54 Å². The van der Waals surface area contributed by atoms with E-state index < -0.39 is 11.2 Å². The second-order valence-electron chi connectivity index (χ2n) is 4.28. The summed E-state index contributed by atoms with van der Waals surface area (Å²) in [5.74, 6) is -0.406. The van der Waals surface area contributed by atoms with Gasteiger partial charge >= 0.3 is 5.97 Å². The molecule has 0 rings (SSSR count). The molecule has 0 aromatic heterocycles. The van der Waals surface area contributed by atoms with E-state index >= 15 is 0 Å². The van der Waals surface area contributed by atoms with Gasteiger partial charge < -0.3 is 10.4 Å². The Morgan fingerprint density at radius 2 is 1.93 bits per heavy atom. The average Bonchev–Trinajstić information content (AvgIpc) is 1.99. The third kappa shape index (κ3) is 7.25. The molecule has 4 nitrogen and oxygen atoms in total. The molecule has 1 atom stereocenters. The summed E-state index contributed by atoms with van der Waals surface area (Å²) in [6.07, 6.45) is -0.125. The van der Waals surface area contributed by atoms with E-state index in [-0.39, 0.29) is 17.9 Å². The molecule has 0 aromatic carbocycles. The van der Waals surface area contributed by atoms with Crippen molar-refractivity contribution in [2.45, 2.75) is 44.9 Å². The summed E-state index contributed by atoms with van der Waals surface area (Å²) < 4.78 is 0. The molecular weight excluding hydrogens is 214 g/mol. The topological polar surface area (TPSA) is 66.4 Å². The van der Waals surface area contributed by atoms with Crippen molar-refractivity contribution in [3.05, 3.63) is 0 Å². The number of amides is 1. The summed E-state index contributed by atoms with van der Waals surface area (Å²) in [6.45, 7) is 7.53. The van der Waals surface area contributed by atoms with E-state index in [0.717, 1.165) is 5.75 Å². The molecule has 1 unspecified atom stereocenters. The summed E-state index contributed by atoms with van der Waals surface area (Å²) in [7, 11) is 0. The Kier molecular flexibility index (Phi) is 5.72. The van der Waals surface area contributed by atoms with Crippen LogP contribution in [0.1, 0.15) is 34.1 Å². The quantitative estimate of drug-likeness (QED) is 0.755. The smallest absolute Gasteiger partial charge is 0.305 e. The van der Waals surface area contributed by atoms with Gasteiger partial charge in [-0.1, -0.05) is 6.92 Å². The van der Waals surface area contributed by atoms with Crippen molar-refractivity contribution in [2.24, 2.45) is 0 Å². The third-order valence-electron chi connectivity index (χ3n) is 1.52. The predicted octanol–water partition coefficient (Wildman–Crippen LogP) is 1.50. The lowest BCUT2D eigenvalue weighted by molar-refractivity contribution is -0.138. The van der Waals surface area contributed by atoms with Crippen LogP contribution in [0.3, 0.4) is 0 Å². The van der Waals surface area contributed by atoms with Crippen molar-refractivity contribution in [3.63, 3.8) is 0 Å². The van der Waals surface area contributed by atoms with Crippen LogP contribution in [-0.2, 0) is 9.59 Å². The maximum absolute atomic E-state index is 11.7. The van der Waals surface area contributed by atoms with E-state index in [1.54, 1.807) is 0 Å². The molecule has 0 aliphatic heterocycles. The van der Waals surface area contributed by atoms with Gasteiger partial charge in [0.05, 0.1) is 11.7 Å². The molecule has 0 spiro atoms. The van der Waals surface area contributed by atoms with Crippen LogP contribution in [0.5, 0.6) is 0 Å². The van der Waals surface area contributed by atoms with Crippen LogP contribution in [0.4, 0.5) is 0 Å². The number of nitrogens with one attached hydrogen (secondary N) is 1. The van der Waals surface area contributed by atoms with E-state index in [1.165, 1.54) is 11.8 Å². The fourth-order valence-electron chi connectivity index (χ4n) is 1.04. The highest BCUT2D eigenvalue weighted by atomic mass is 32.2. The Morgan fingerprint density at radius 1 is 1.40 bits per heavy atom. The number of hydrogen-bond donors (Lipinski definition) is 2. The number of carboxylic acid groups (broad SMARTS) is 1. The van der Waals surface area contributed by atoms with Gasteiger partial charge in [-0.15, -0.1) is 11.8 Å². The second-order valence-corrected chi connectivity index (χ2v) is 5.76. The molecule has 15 heavy (non-hydrogen) atoms. The summed E-state index contributed by atoms with van der Waals surface area (Å²) in [5, 5.41) is 11.0. The monoisotopic (exact) mass is 233 g/mol. The molecule has 0 aliphatic rings. The molecule has 0 heterocycles. The zero-order valence-corrected chi connectivity index (χ0v) is 10.5. The zero-order valence-electron chi connectivity index (χ0n) is 9.66. The molecule has 0 aromatic rings. The second kappa shape index (κ2) is 6.00. The van der Waals surface area contributed by atoms with Gasteiger partial charge in [0.2, 0.25) is 5.91 Å². The first kappa shape index (κ1) is 14.3. The lowest BCUT2D eigenvalue weighted by atomic mass is 10.1. The Morgan fingerprint density at radius 3 is 2.27 bits per heavy atom.